The summed E-state index contributed by atoms with van der Waals surface area (Å²) in [6.07, 6.45) is 0.630. The van der Waals surface area contributed by atoms with E-state index in [2.05, 4.69) is 38.1 Å². The SMILES string of the molecule is CCOC(CSc1nc(SCc2ccccc2)nc2sc3c(c12)CC(C)(C)OC3)OCC. The van der Waals surface area contributed by atoms with Crippen molar-refractivity contribution in [2.24, 2.45) is 0 Å². The highest BCUT2D eigenvalue weighted by atomic mass is 32.2. The summed E-state index contributed by atoms with van der Waals surface area (Å²) in [4.78, 5) is 12.3. The van der Waals surface area contributed by atoms with E-state index in [1.807, 2.05) is 19.9 Å². The minimum atomic E-state index is -0.241. The van der Waals surface area contributed by atoms with Crippen LogP contribution in [0.5, 0.6) is 0 Å². The molecule has 0 bridgehead atoms. The lowest BCUT2D eigenvalue weighted by Gasteiger charge is -2.30. The van der Waals surface area contributed by atoms with E-state index in [0.29, 0.717) is 25.6 Å². The summed E-state index contributed by atoms with van der Waals surface area (Å²) in [5.41, 5.74) is 2.43. The fraction of sp³-hybridized carbons (Fsp3) is 0.500. The predicted octanol–water partition coefficient (Wildman–Crippen LogP) is 6.33. The quantitative estimate of drug-likeness (QED) is 0.142. The summed E-state index contributed by atoms with van der Waals surface area (Å²) in [5.74, 6) is 1.54. The topological polar surface area (TPSA) is 53.5 Å². The molecule has 1 aliphatic rings. The van der Waals surface area contributed by atoms with Crippen molar-refractivity contribution in [2.75, 3.05) is 19.0 Å². The number of thioether (sulfide) groups is 2. The van der Waals surface area contributed by atoms with Gasteiger partial charge in [-0.05, 0) is 38.8 Å². The number of aromatic nitrogens is 2. The number of benzene rings is 1. The van der Waals surface area contributed by atoms with E-state index in [9.17, 15) is 0 Å². The zero-order chi connectivity index (χ0) is 22.6. The second-order valence-corrected chi connectivity index (χ2v) is 11.2. The molecule has 0 N–H and O–H groups in total. The van der Waals surface area contributed by atoms with E-state index in [1.165, 1.54) is 21.4 Å². The Bertz CT molecular complexity index is 1030. The molecule has 0 atom stereocenters. The van der Waals surface area contributed by atoms with E-state index in [0.717, 1.165) is 27.2 Å². The van der Waals surface area contributed by atoms with Crippen molar-refractivity contribution in [1.82, 2.24) is 9.97 Å². The molecule has 0 spiro atoms. The molecule has 1 aromatic carbocycles. The third-order valence-corrected chi connectivity index (χ3v) is 8.17. The molecule has 5 nitrogen and oxygen atoms in total. The standard InChI is InChI=1S/C24H30N2O3S3/c1-5-27-19(28-6-2)15-30-21-20-17-12-24(3,4)29-13-18(17)32-22(20)26-23(25-21)31-14-16-10-8-7-9-11-16/h7-11,19H,5-6,12-15H2,1-4H3. The molecule has 0 unspecified atom stereocenters. The Kier molecular flexibility index (Phi) is 8.13. The van der Waals surface area contributed by atoms with Gasteiger partial charge in [-0.1, -0.05) is 42.1 Å². The summed E-state index contributed by atoms with van der Waals surface area (Å²) < 4.78 is 17.6. The molecule has 3 heterocycles. The van der Waals surface area contributed by atoms with Crippen molar-refractivity contribution in [3.63, 3.8) is 0 Å². The van der Waals surface area contributed by atoms with Crippen LogP contribution in [0.2, 0.25) is 0 Å². The zero-order valence-corrected chi connectivity index (χ0v) is 21.5. The second kappa shape index (κ2) is 10.8. The molecule has 3 aromatic rings. The maximum atomic E-state index is 6.07. The third-order valence-electron chi connectivity index (χ3n) is 5.15. The molecule has 8 heteroatoms. The molecule has 0 saturated heterocycles. The number of hydrogen-bond donors (Lipinski definition) is 0. The Hall–Kier alpha value is -1.16. The molecule has 0 amide bonds. The average molecular weight is 491 g/mol. The van der Waals surface area contributed by atoms with Gasteiger partial charge < -0.3 is 14.2 Å². The average Bonchev–Trinajstić information content (AvgIpc) is 3.13. The molecular formula is C24H30N2O3S3. The van der Waals surface area contributed by atoms with Crippen LogP contribution in [0.25, 0.3) is 10.2 Å². The van der Waals surface area contributed by atoms with Crippen molar-refractivity contribution in [3.8, 4) is 0 Å². The first-order valence-electron chi connectivity index (χ1n) is 11.0. The van der Waals surface area contributed by atoms with Crippen LogP contribution in [0.3, 0.4) is 0 Å². The van der Waals surface area contributed by atoms with Crippen LogP contribution in [0.1, 0.15) is 43.7 Å². The lowest BCUT2D eigenvalue weighted by atomic mass is 9.95. The van der Waals surface area contributed by atoms with Gasteiger partial charge in [0.05, 0.1) is 18.0 Å². The van der Waals surface area contributed by atoms with Crippen molar-refractivity contribution < 1.29 is 14.2 Å². The fourth-order valence-corrected chi connectivity index (χ4v) is 6.73. The van der Waals surface area contributed by atoms with Gasteiger partial charge in [-0.15, -0.1) is 23.1 Å². The van der Waals surface area contributed by atoms with E-state index in [-0.39, 0.29) is 11.9 Å². The summed E-state index contributed by atoms with van der Waals surface area (Å²) in [6.45, 7) is 10.2. The molecule has 32 heavy (non-hydrogen) atoms. The first kappa shape index (κ1) is 24.0. The van der Waals surface area contributed by atoms with Gasteiger partial charge in [-0.2, -0.15) is 0 Å². The Morgan fingerprint density at radius 2 is 1.84 bits per heavy atom. The summed E-state index contributed by atoms with van der Waals surface area (Å²) in [5, 5.41) is 3.01. The molecular weight excluding hydrogens is 460 g/mol. The highest BCUT2D eigenvalue weighted by molar-refractivity contribution is 7.99. The van der Waals surface area contributed by atoms with Crippen LogP contribution in [0, 0.1) is 0 Å². The van der Waals surface area contributed by atoms with Crippen molar-refractivity contribution in [2.45, 2.75) is 68.5 Å². The molecule has 0 fully saturated rings. The Labute approximate surface area is 202 Å². The van der Waals surface area contributed by atoms with Gasteiger partial charge >= 0.3 is 0 Å². The minimum Gasteiger partial charge on any atom is -0.370 e. The number of thiophene rings is 1. The lowest BCUT2D eigenvalue weighted by Crippen LogP contribution is -2.31. The van der Waals surface area contributed by atoms with Gasteiger partial charge in [-0.3, -0.25) is 0 Å². The predicted molar refractivity (Wildman–Crippen MR) is 134 cm³/mol. The molecule has 4 rings (SSSR count). The Morgan fingerprint density at radius 1 is 1.09 bits per heavy atom. The number of rotatable bonds is 10. The van der Waals surface area contributed by atoms with Crippen molar-refractivity contribution in [3.05, 3.63) is 46.3 Å². The minimum absolute atomic E-state index is 0.178. The second-order valence-electron chi connectivity index (χ2n) is 8.15. The Morgan fingerprint density at radius 3 is 2.56 bits per heavy atom. The first-order valence-corrected chi connectivity index (χ1v) is 13.8. The van der Waals surface area contributed by atoms with Gasteiger partial charge in [0.1, 0.15) is 9.86 Å². The fourth-order valence-electron chi connectivity index (χ4n) is 3.65. The Balaban J connectivity index is 1.65. The number of ether oxygens (including phenoxy) is 3. The molecule has 0 saturated carbocycles. The summed E-state index contributed by atoms with van der Waals surface area (Å²) in [6, 6.07) is 10.5. The van der Waals surface area contributed by atoms with E-state index in [4.69, 9.17) is 24.2 Å². The first-order chi connectivity index (χ1) is 15.5. The summed E-state index contributed by atoms with van der Waals surface area (Å²) in [7, 11) is 0. The number of nitrogens with zero attached hydrogens (tertiary/aromatic N) is 2. The van der Waals surface area contributed by atoms with Gasteiger partial charge in [-0.25, -0.2) is 9.97 Å². The summed E-state index contributed by atoms with van der Waals surface area (Å²) >= 11 is 5.12. The largest absolute Gasteiger partial charge is 0.370 e. The molecule has 172 valence electrons. The maximum absolute atomic E-state index is 6.07. The zero-order valence-electron chi connectivity index (χ0n) is 19.1. The molecule has 1 aliphatic heterocycles. The molecule has 2 aromatic heterocycles. The van der Waals surface area contributed by atoms with E-state index >= 15 is 0 Å². The molecule has 0 radical (unpaired) electrons. The van der Waals surface area contributed by atoms with Gasteiger partial charge in [0, 0.05) is 35.7 Å². The van der Waals surface area contributed by atoms with Crippen LogP contribution >= 0.6 is 34.9 Å². The number of hydrogen-bond acceptors (Lipinski definition) is 8. The molecule has 0 aliphatic carbocycles. The van der Waals surface area contributed by atoms with Crippen molar-refractivity contribution in [1.29, 1.82) is 0 Å². The normalized spacial score (nSPS) is 15.4. The van der Waals surface area contributed by atoms with Crippen LogP contribution in [0.4, 0.5) is 0 Å². The smallest absolute Gasteiger partial charge is 0.190 e. The number of fused-ring (bicyclic) bond motifs is 3. The van der Waals surface area contributed by atoms with Crippen molar-refractivity contribution >= 4 is 45.1 Å². The van der Waals surface area contributed by atoms with Crippen LogP contribution in [-0.4, -0.2) is 40.8 Å². The highest BCUT2D eigenvalue weighted by Crippen LogP contribution is 2.42. The lowest BCUT2D eigenvalue weighted by molar-refractivity contribution is -0.120. The van der Waals surface area contributed by atoms with E-state index < -0.39 is 0 Å². The maximum Gasteiger partial charge on any atom is 0.190 e. The monoisotopic (exact) mass is 490 g/mol. The van der Waals surface area contributed by atoms with Crippen LogP contribution in [-0.2, 0) is 33.0 Å². The third kappa shape index (κ3) is 5.85. The van der Waals surface area contributed by atoms with Gasteiger partial charge in [0.25, 0.3) is 0 Å². The van der Waals surface area contributed by atoms with Crippen LogP contribution in [0.15, 0.2) is 40.5 Å². The van der Waals surface area contributed by atoms with Gasteiger partial charge in [0.15, 0.2) is 11.4 Å². The highest BCUT2D eigenvalue weighted by Gasteiger charge is 2.31. The van der Waals surface area contributed by atoms with Crippen LogP contribution < -0.4 is 0 Å². The van der Waals surface area contributed by atoms with E-state index in [1.54, 1.807) is 34.9 Å². The van der Waals surface area contributed by atoms with Gasteiger partial charge in [0.2, 0.25) is 0 Å².